The maximum atomic E-state index is 12.0. The number of nitrogens with zero attached hydrogens (tertiary/aromatic N) is 1. The fourth-order valence-electron chi connectivity index (χ4n) is 2.27. The number of hydrogen-bond acceptors (Lipinski definition) is 3. The fourth-order valence-corrected chi connectivity index (χ4v) is 2.27. The quantitative estimate of drug-likeness (QED) is 0.776. The summed E-state index contributed by atoms with van der Waals surface area (Å²) in [6.07, 6.45) is 9.54. The Hall–Kier alpha value is -1.42. The summed E-state index contributed by atoms with van der Waals surface area (Å²) in [7, 11) is 0. The first kappa shape index (κ1) is 14.6. The van der Waals surface area contributed by atoms with Crippen LogP contribution in [0.1, 0.15) is 39.5 Å². The third kappa shape index (κ3) is 3.81. The number of carbonyl (C=O) groups is 2. The van der Waals surface area contributed by atoms with Crippen LogP contribution < -0.4 is 5.73 Å². The van der Waals surface area contributed by atoms with Crippen LogP contribution >= 0.6 is 0 Å². The highest BCUT2D eigenvalue weighted by atomic mass is 16.2. The van der Waals surface area contributed by atoms with Gasteiger partial charge in [-0.1, -0.05) is 12.2 Å². The molecule has 0 atom stereocenters. The summed E-state index contributed by atoms with van der Waals surface area (Å²) in [5.74, 6) is -0.470. The zero-order valence-electron chi connectivity index (χ0n) is 11.1. The van der Waals surface area contributed by atoms with E-state index in [0.717, 1.165) is 25.7 Å². The van der Waals surface area contributed by atoms with E-state index in [1.54, 1.807) is 26.0 Å². The Labute approximate surface area is 109 Å². The number of amides is 2. The predicted molar refractivity (Wildman–Crippen MR) is 71.7 cm³/mol. The van der Waals surface area contributed by atoms with Gasteiger partial charge in [-0.15, -0.1) is 0 Å². The average Bonchev–Trinajstić information content (AvgIpc) is 2.33. The van der Waals surface area contributed by atoms with Crippen LogP contribution in [0.15, 0.2) is 24.3 Å². The third-order valence-corrected chi connectivity index (χ3v) is 3.20. The monoisotopic (exact) mass is 250 g/mol. The molecule has 2 amide bonds. The number of carbonyl (C=O) groups excluding carboxylic acids is 2. The lowest BCUT2D eigenvalue weighted by atomic mass is 9.90. The van der Waals surface area contributed by atoms with Crippen LogP contribution in [0.3, 0.4) is 0 Å². The first-order valence-electron chi connectivity index (χ1n) is 6.48. The van der Waals surface area contributed by atoms with Crippen molar-refractivity contribution in [3.05, 3.63) is 24.3 Å². The molecule has 1 rings (SSSR count). The molecule has 0 aromatic heterocycles. The van der Waals surface area contributed by atoms with Crippen molar-refractivity contribution in [2.24, 2.45) is 5.73 Å². The highest BCUT2D eigenvalue weighted by Crippen LogP contribution is 2.22. The Morgan fingerprint density at radius 1 is 1.00 bits per heavy atom. The molecule has 0 aromatic carbocycles. The number of hydrogen-bond donors (Lipinski definition) is 1. The van der Waals surface area contributed by atoms with Crippen LogP contribution in [-0.2, 0) is 9.59 Å². The molecule has 18 heavy (non-hydrogen) atoms. The van der Waals surface area contributed by atoms with E-state index in [1.807, 2.05) is 0 Å². The Morgan fingerprint density at radius 3 is 1.83 bits per heavy atom. The second-order valence-corrected chi connectivity index (χ2v) is 4.62. The Balaban J connectivity index is 2.83. The summed E-state index contributed by atoms with van der Waals surface area (Å²) in [5.41, 5.74) is 5.85. The Kier molecular flexibility index (Phi) is 5.78. The second kappa shape index (κ2) is 7.11. The van der Waals surface area contributed by atoms with Crippen molar-refractivity contribution in [3.63, 3.8) is 0 Å². The normalized spacial score (nSPS) is 24.6. The third-order valence-electron chi connectivity index (χ3n) is 3.20. The van der Waals surface area contributed by atoms with E-state index in [-0.39, 0.29) is 23.9 Å². The number of allylic oxidation sites excluding steroid dienone is 2. The first-order valence-corrected chi connectivity index (χ1v) is 6.48. The van der Waals surface area contributed by atoms with Crippen molar-refractivity contribution >= 4 is 11.8 Å². The van der Waals surface area contributed by atoms with Crippen molar-refractivity contribution in [1.29, 1.82) is 0 Å². The van der Waals surface area contributed by atoms with Crippen molar-refractivity contribution in [1.82, 2.24) is 4.90 Å². The molecule has 0 radical (unpaired) electrons. The van der Waals surface area contributed by atoms with Crippen molar-refractivity contribution < 1.29 is 9.59 Å². The molecule has 0 saturated heterocycles. The maximum Gasteiger partial charge on any atom is 0.253 e. The van der Waals surface area contributed by atoms with E-state index in [0.29, 0.717) is 0 Å². The first-order chi connectivity index (χ1) is 8.60. The number of imide groups is 1. The second-order valence-electron chi connectivity index (χ2n) is 4.62. The minimum Gasteiger partial charge on any atom is -0.328 e. The molecule has 0 unspecified atom stereocenters. The molecule has 100 valence electrons. The Morgan fingerprint density at radius 2 is 1.44 bits per heavy atom. The molecule has 2 N–H and O–H groups in total. The van der Waals surface area contributed by atoms with Gasteiger partial charge in [0.25, 0.3) is 11.8 Å². The van der Waals surface area contributed by atoms with Gasteiger partial charge in [0, 0.05) is 12.1 Å². The molecule has 1 fully saturated rings. The zero-order valence-corrected chi connectivity index (χ0v) is 11.1. The van der Waals surface area contributed by atoms with E-state index in [9.17, 15) is 9.59 Å². The zero-order chi connectivity index (χ0) is 13.5. The SMILES string of the molecule is C/C=C/C(=O)N(C(=O)/C=C/C)C1CCC(N)CC1. The highest BCUT2D eigenvalue weighted by Gasteiger charge is 2.29. The average molecular weight is 250 g/mol. The minimum absolute atomic E-state index is 0.0165. The molecule has 4 nitrogen and oxygen atoms in total. The van der Waals surface area contributed by atoms with Gasteiger partial charge in [0.2, 0.25) is 0 Å². The van der Waals surface area contributed by atoms with Crippen LogP contribution in [0, 0.1) is 0 Å². The minimum atomic E-state index is -0.235. The van der Waals surface area contributed by atoms with Gasteiger partial charge in [0.05, 0.1) is 0 Å². The molecule has 4 heteroatoms. The lowest BCUT2D eigenvalue weighted by Gasteiger charge is -2.33. The molecule has 1 aliphatic rings. The van der Waals surface area contributed by atoms with E-state index < -0.39 is 0 Å². The molecule has 0 aromatic rings. The molecule has 1 aliphatic carbocycles. The molecular formula is C14H22N2O2. The summed E-state index contributed by atoms with van der Waals surface area (Å²) < 4.78 is 0. The lowest BCUT2D eigenvalue weighted by molar-refractivity contribution is -0.142. The van der Waals surface area contributed by atoms with Gasteiger partial charge in [-0.2, -0.15) is 0 Å². The van der Waals surface area contributed by atoms with Gasteiger partial charge < -0.3 is 5.73 Å². The van der Waals surface area contributed by atoms with Crippen LogP contribution in [0.25, 0.3) is 0 Å². The van der Waals surface area contributed by atoms with Gasteiger partial charge in [-0.25, -0.2) is 0 Å². The van der Waals surface area contributed by atoms with Crippen molar-refractivity contribution in [3.8, 4) is 0 Å². The van der Waals surface area contributed by atoms with Gasteiger partial charge in [0.1, 0.15) is 0 Å². The van der Waals surface area contributed by atoms with Crippen LogP contribution in [0.4, 0.5) is 0 Å². The predicted octanol–water partition coefficient (Wildman–Crippen LogP) is 1.76. The van der Waals surface area contributed by atoms with Crippen LogP contribution in [-0.4, -0.2) is 28.8 Å². The van der Waals surface area contributed by atoms with Crippen LogP contribution in [0.2, 0.25) is 0 Å². The molecule has 0 bridgehead atoms. The van der Waals surface area contributed by atoms with Gasteiger partial charge in [-0.05, 0) is 51.7 Å². The maximum absolute atomic E-state index is 12.0. The topological polar surface area (TPSA) is 63.4 Å². The van der Waals surface area contributed by atoms with E-state index in [2.05, 4.69) is 0 Å². The van der Waals surface area contributed by atoms with Gasteiger partial charge in [-0.3, -0.25) is 14.5 Å². The standard InChI is InChI=1S/C14H22N2O2/c1-3-5-13(17)16(14(18)6-4-2)12-9-7-11(15)8-10-12/h3-6,11-12H,7-10,15H2,1-2H3/b5-3+,6-4+. The highest BCUT2D eigenvalue weighted by molar-refractivity contribution is 6.05. The summed E-state index contributed by atoms with van der Waals surface area (Å²) in [6, 6.07) is 0.189. The van der Waals surface area contributed by atoms with Gasteiger partial charge >= 0.3 is 0 Å². The van der Waals surface area contributed by atoms with Crippen LogP contribution in [0.5, 0.6) is 0 Å². The molecule has 0 spiro atoms. The number of rotatable bonds is 3. The summed E-state index contributed by atoms with van der Waals surface area (Å²) in [6.45, 7) is 3.54. The molecule has 0 aliphatic heterocycles. The summed E-state index contributed by atoms with van der Waals surface area (Å²) in [4.78, 5) is 25.4. The lowest BCUT2D eigenvalue weighted by Crippen LogP contribution is -2.46. The number of nitrogens with two attached hydrogens (primary N) is 1. The smallest absolute Gasteiger partial charge is 0.253 e. The van der Waals surface area contributed by atoms with E-state index in [1.165, 1.54) is 17.1 Å². The van der Waals surface area contributed by atoms with Crippen molar-refractivity contribution in [2.75, 3.05) is 0 Å². The van der Waals surface area contributed by atoms with E-state index >= 15 is 0 Å². The van der Waals surface area contributed by atoms with Crippen molar-refractivity contribution in [2.45, 2.75) is 51.6 Å². The largest absolute Gasteiger partial charge is 0.328 e. The summed E-state index contributed by atoms with van der Waals surface area (Å²) >= 11 is 0. The van der Waals surface area contributed by atoms with Gasteiger partial charge in [0.15, 0.2) is 0 Å². The van der Waals surface area contributed by atoms with E-state index in [4.69, 9.17) is 5.73 Å². The summed E-state index contributed by atoms with van der Waals surface area (Å²) in [5, 5.41) is 0. The molecule has 0 heterocycles. The molecule has 1 saturated carbocycles. The molecular weight excluding hydrogens is 228 g/mol. The Bertz CT molecular complexity index is 329. The fraction of sp³-hybridized carbons (Fsp3) is 0.571.